The molecule has 15 heteroatoms. The maximum Gasteiger partial charge on any atom is 0.417 e. The molecule has 0 aromatic heterocycles. The number of alkyl halides is 6. The fourth-order valence-electron chi connectivity index (χ4n) is 6.02. The van der Waals surface area contributed by atoms with Crippen molar-refractivity contribution >= 4 is 29.1 Å². The second-order valence-electron chi connectivity index (χ2n) is 13.3. The first-order chi connectivity index (χ1) is 25.4. The number of benzene rings is 4. The molecule has 288 valence electrons. The van der Waals surface area contributed by atoms with E-state index in [-0.39, 0.29) is 48.2 Å². The molecule has 1 heterocycles. The van der Waals surface area contributed by atoms with Gasteiger partial charge in [-0.05, 0) is 79.7 Å². The minimum Gasteiger partial charge on any atom is -0.486 e. The Bertz CT molecular complexity index is 1940. The summed E-state index contributed by atoms with van der Waals surface area (Å²) >= 11 is 5.72. The zero-order valence-corrected chi connectivity index (χ0v) is 30.2. The first-order valence-corrected chi connectivity index (χ1v) is 17.3. The first kappa shape index (κ1) is 40.4. The Kier molecular flexibility index (Phi) is 12.5. The van der Waals surface area contributed by atoms with Crippen LogP contribution in [-0.4, -0.2) is 65.6 Å². The largest absolute Gasteiger partial charge is 0.486 e. The number of carbonyl (C=O) groups is 2. The predicted molar refractivity (Wildman–Crippen MR) is 191 cm³/mol. The Morgan fingerprint density at radius 1 is 0.981 bits per heavy atom. The number of nitrogens with one attached hydrogen (secondary N) is 1. The van der Waals surface area contributed by atoms with Gasteiger partial charge in [0.1, 0.15) is 17.6 Å². The van der Waals surface area contributed by atoms with Gasteiger partial charge in [-0.1, -0.05) is 48.9 Å². The summed E-state index contributed by atoms with van der Waals surface area (Å²) in [5.74, 6) is -0.772. The van der Waals surface area contributed by atoms with E-state index < -0.39 is 52.5 Å². The quantitative estimate of drug-likeness (QED) is 0.148. The Balaban J connectivity index is 1.32. The van der Waals surface area contributed by atoms with Crippen LogP contribution in [0.2, 0.25) is 5.02 Å². The zero-order chi connectivity index (χ0) is 39.4. The van der Waals surface area contributed by atoms with Crippen molar-refractivity contribution in [1.82, 2.24) is 9.80 Å². The summed E-state index contributed by atoms with van der Waals surface area (Å²) in [6, 6.07) is 18.6. The van der Waals surface area contributed by atoms with Crippen LogP contribution in [-0.2, 0) is 30.1 Å². The van der Waals surface area contributed by atoms with Gasteiger partial charge in [0.25, 0.3) is 5.91 Å². The van der Waals surface area contributed by atoms with E-state index in [0.717, 1.165) is 29.8 Å². The number of nitrogens with zero attached hydrogens (tertiary/aromatic N) is 2. The minimum absolute atomic E-state index is 0.0227. The van der Waals surface area contributed by atoms with Crippen LogP contribution in [0, 0.1) is 5.92 Å². The third kappa shape index (κ3) is 10.0. The molecule has 0 bridgehead atoms. The molecule has 0 fully saturated rings. The van der Waals surface area contributed by atoms with E-state index in [1.54, 1.807) is 54.3 Å². The van der Waals surface area contributed by atoms with Gasteiger partial charge in [-0.2, -0.15) is 26.3 Å². The molecule has 5 rings (SSSR count). The highest BCUT2D eigenvalue weighted by molar-refractivity contribution is 6.31. The van der Waals surface area contributed by atoms with Crippen LogP contribution in [0.1, 0.15) is 46.5 Å². The van der Waals surface area contributed by atoms with Crippen molar-refractivity contribution in [1.29, 1.82) is 0 Å². The number of halogens is 7. The molecular formula is C39H38ClF6N3O5. The highest BCUT2D eigenvalue weighted by atomic mass is 35.5. The van der Waals surface area contributed by atoms with Crippen molar-refractivity contribution < 1.29 is 50.5 Å². The van der Waals surface area contributed by atoms with Crippen LogP contribution in [0.3, 0.4) is 0 Å². The zero-order valence-electron chi connectivity index (χ0n) is 29.5. The molecule has 1 aliphatic heterocycles. The summed E-state index contributed by atoms with van der Waals surface area (Å²) in [6.45, 7) is 4.39. The smallest absolute Gasteiger partial charge is 0.417 e. The van der Waals surface area contributed by atoms with Gasteiger partial charge in [0, 0.05) is 25.6 Å². The average molecular weight is 778 g/mol. The summed E-state index contributed by atoms with van der Waals surface area (Å²) in [5, 5.41) is 12.3. The number of carbonyl (C=O) groups excluding carboxylic acids is 2. The van der Waals surface area contributed by atoms with Gasteiger partial charge in [0.2, 0.25) is 5.91 Å². The topological polar surface area (TPSA) is 91.3 Å². The summed E-state index contributed by atoms with van der Waals surface area (Å²) < 4.78 is 91.2. The second-order valence-corrected chi connectivity index (χ2v) is 13.7. The van der Waals surface area contributed by atoms with E-state index in [1.165, 1.54) is 18.2 Å². The van der Waals surface area contributed by atoms with E-state index >= 15 is 0 Å². The van der Waals surface area contributed by atoms with E-state index in [4.69, 9.17) is 21.1 Å². The number of aliphatic hydroxyl groups excluding tert-OH is 1. The lowest BCUT2D eigenvalue weighted by atomic mass is 9.98. The van der Waals surface area contributed by atoms with E-state index in [0.29, 0.717) is 24.4 Å². The van der Waals surface area contributed by atoms with Gasteiger partial charge < -0.3 is 24.8 Å². The predicted octanol–water partition coefficient (Wildman–Crippen LogP) is 8.70. The molecule has 0 radical (unpaired) electrons. The first-order valence-electron chi connectivity index (χ1n) is 16.9. The molecule has 2 amide bonds. The van der Waals surface area contributed by atoms with Crippen molar-refractivity contribution in [2.24, 2.45) is 5.92 Å². The number of hydrogen-bond donors (Lipinski definition) is 2. The monoisotopic (exact) mass is 777 g/mol. The number of ether oxygens (including phenoxy) is 2. The van der Waals surface area contributed by atoms with Crippen molar-refractivity contribution in [3.05, 3.63) is 118 Å². The van der Waals surface area contributed by atoms with Gasteiger partial charge >= 0.3 is 12.4 Å². The summed E-state index contributed by atoms with van der Waals surface area (Å²) in [5.41, 5.74) is -0.249. The van der Waals surface area contributed by atoms with Crippen LogP contribution in [0.15, 0.2) is 84.9 Å². The second kappa shape index (κ2) is 16.7. The van der Waals surface area contributed by atoms with Crippen molar-refractivity contribution in [3.8, 4) is 17.2 Å². The Hall–Kier alpha value is -4.79. The molecule has 3 atom stereocenters. The Morgan fingerprint density at radius 2 is 1.63 bits per heavy atom. The highest BCUT2D eigenvalue weighted by Gasteiger charge is 2.36. The lowest BCUT2D eigenvalue weighted by Crippen LogP contribution is -2.49. The number of amides is 2. The molecule has 0 aliphatic carbocycles. The number of para-hydroxylation sites is 1. The molecule has 1 aliphatic rings. The van der Waals surface area contributed by atoms with Crippen molar-refractivity contribution in [2.75, 3.05) is 32.1 Å². The van der Waals surface area contributed by atoms with E-state index in [9.17, 15) is 41.0 Å². The Labute approximate surface area is 313 Å². The van der Waals surface area contributed by atoms with Crippen LogP contribution >= 0.6 is 11.6 Å². The molecule has 0 saturated heterocycles. The molecular weight excluding hydrogens is 740 g/mol. The van der Waals surface area contributed by atoms with Gasteiger partial charge in [0.15, 0.2) is 5.75 Å². The molecule has 0 unspecified atom stereocenters. The van der Waals surface area contributed by atoms with Gasteiger partial charge in [-0.25, -0.2) is 0 Å². The SMILES string of the molecule is C[C@@H]1CN([C@@H](C)CO)C(=O)c2cccc(NC(=O)Cc3ccc(C(F)(F)F)cc3)c2O[C@@H]1CN(C)Cc1ccc(Oc2ccc(Cl)c(C(F)(F)F)c2)cc1. The van der Waals surface area contributed by atoms with Crippen LogP contribution in [0.5, 0.6) is 17.2 Å². The van der Waals surface area contributed by atoms with Gasteiger partial charge in [-0.15, -0.1) is 0 Å². The summed E-state index contributed by atoms with van der Waals surface area (Å²) in [7, 11) is 1.86. The normalized spacial score (nSPS) is 17.0. The van der Waals surface area contributed by atoms with E-state index in [2.05, 4.69) is 5.32 Å². The van der Waals surface area contributed by atoms with E-state index in [1.807, 2.05) is 18.9 Å². The maximum atomic E-state index is 13.8. The lowest BCUT2D eigenvalue weighted by molar-refractivity contribution is -0.138. The highest BCUT2D eigenvalue weighted by Crippen LogP contribution is 2.38. The number of aliphatic hydroxyl groups is 1. The van der Waals surface area contributed by atoms with Crippen molar-refractivity contribution in [2.45, 2.75) is 51.3 Å². The molecule has 0 saturated carbocycles. The number of rotatable bonds is 11. The molecule has 0 spiro atoms. The number of likely N-dealkylation sites (N-methyl/N-ethyl adjacent to an activating group) is 1. The fourth-order valence-corrected chi connectivity index (χ4v) is 6.24. The molecule has 4 aromatic rings. The standard InChI is InChI=1S/C39H38ClF6N3O5/c1-23-19-49(24(2)22-50)37(52)30-5-4-6-33(47-35(51)17-25-7-11-27(12-8-25)38(41,42)43)36(30)54-34(23)21-48(3)20-26-9-13-28(14-10-26)53-29-15-16-32(40)31(18-29)39(44,45)46/h4-16,18,23-24,34,50H,17,19-22H2,1-3H3,(H,47,51)/t23-,24+,34-/m1/s1. The number of fused-ring (bicyclic) bond motifs is 1. The number of anilines is 1. The molecule has 4 aromatic carbocycles. The molecule has 2 N–H and O–H groups in total. The molecule has 8 nitrogen and oxygen atoms in total. The average Bonchev–Trinajstić information content (AvgIpc) is 3.10. The summed E-state index contributed by atoms with van der Waals surface area (Å²) in [6.07, 6.45) is -9.91. The van der Waals surface area contributed by atoms with Crippen LogP contribution in [0.25, 0.3) is 0 Å². The summed E-state index contributed by atoms with van der Waals surface area (Å²) in [4.78, 5) is 30.5. The van der Waals surface area contributed by atoms with Crippen LogP contribution < -0.4 is 14.8 Å². The fraction of sp³-hybridized carbons (Fsp3) is 0.333. The van der Waals surface area contributed by atoms with Gasteiger partial charge in [-0.3, -0.25) is 14.5 Å². The third-order valence-corrected chi connectivity index (χ3v) is 9.29. The minimum atomic E-state index is -4.64. The van der Waals surface area contributed by atoms with Crippen LogP contribution in [0.4, 0.5) is 32.0 Å². The maximum absolute atomic E-state index is 13.8. The molecule has 54 heavy (non-hydrogen) atoms. The van der Waals surface area contributed by atoms with Crippen molar-refractivity contribution in [3.63, 3.8) is 0 Å². The Morgan fingerprint density at radius 3 is 2.26 bits per heavy atom. The number of hydrogen-bond acceptors (Lipinski definition) is 6. The lowest BCUT2D eigenvalue weighted by Gasteiger charge is -2.38. The van der Waals surface area contributed by atoms with Gasteiger partial charge in [0.05, 0.1) is 46.5 Å². The third-order valence-electron chi connectivity index (χ3n) is 8.96.